The highest BCUT2D eigenvalue weighted by atomic mass is 19.1. The number of anilines is 2. The van der Waals surface area contributed by atoms with Crippen LogP contribution in [0.1, 0.15) is 24.1 Å². The van der Waals surface area contributed by atoms with E-state index in [1.807, 2.05) is 29.1 Å². The second-order valence-corrected chi connectivity index (χ2v) is 8.48. The number of nitrogens with zero attached hydrogens (tertiary/aromatic N) is 8. The molecule has 3 aromatic heterocycles. The maximum Gasteiger partial charge on any atom is 0.172 e. The van der Waals surface area contributed by atoms with Gasteiger partial charge in [-0.1, -0.05) is 6.07 Å². The summed E-state index contributed by atoms with van der Waals surface area (Å²) < 4.78 is 15.5. The molecule has 2 aliphatic heterocycles. The van der Waals surface area contributed by atoms with Crippen molar-refractivity contribution in [2.24, 2.45) is 0 Å². The molecule has 2 fully saturated rings. The molecule has 3 aromatic rings. The third-order valence-corrected chi connectivity index (χ3v) is 6.43. The number of alkyl halides is 1. The van der Waals surface area contributed by atoms with Gasteiger partial charge in [-0.25, -0.2) is 24.0 Å². The van der Waals surface area contributed by atoms with Gasteiger partial charge in [-0.2, -0.15) is 5.10 Å². The van der Waals surface area contributed by atoms with E-state index in [1.54, 1.807) is 18.6 Å². The molecule has 0 bridgehead atoms. The average molecular weight is 437 g/mol. The molecule has 8 nitrogen and oxygen atoms in total. The van der Waals surface area contributed by atoms with Gasteiger partial charge in [0.25, 0.3) is 0 Å². The van der Waals surface area contributed by atoms with Crippen molar-refractivity contribution >= 4 is 11.6 Å². The predicted octanol–water partition coefficient (Wildman–Crippen LogP) is 2.63. The summed E-state index contributed by atoms with van der Waals surface area (Å²) in [6.45, 7) is 8.02. The fraction of sp³-hybridized carbons (Fsp3) is 0.478. The van der Waals surface area contributed by atoms with Crippen LogP contribution in [0.25, 0.3) is 5.82 Å². The van der Waals surface area contributed by atoms with E-state index in [0.29, 0.717) is 25.9 Å². The quantitative estimate of drug-likeness (QED) is 0.609. The van der Waals surface area contributed by atoms with E-state index < -0.39 is 6.17 Å². The number of piperidine rings is 1. The first kappa shape index (κ1) is 20.8. The standard InChI is InChI=1S/C23H29FN8/c1-18-19(16-28-32(18)21-4-2-3-7-25-21)17-29-12-14-31(15-13-29)23-22(26-8-9-27-23)30-10-5-20(24)6-11-30/h2-4,7-9,16,20H,5-6,10-15,17H2,1H3. The molecule has 0 N–H and O–H groups in total. The molecule has 9 heteroatoms. The van der Waals surface area contributed by atoms with Crippen molar-refractivity contribution < 1.29 is 4.39 Å². The number of halogens is 1. The summed E-state index contributed by atoms with van der Waals surface area (Å²) in [4.78, 5) is 20.6. The van der Waals surface area contributed by atoms with Gasteiger partial charge in [0, 0.05) is 75.7 Å². The van der Waals surface area contributed by atoms with Gasteiger partial charge in [-0.05, 0) is 31.9 Å². The minimum atomic E-state index is -0.694. The average Bonchev–Trinajstić information content (AvgIpc) is 3.20. The van der Waals surface area contributed by atoms with Gasteiger partial charge in [0.15, 0.2) is 17.5 Å². The molecule has 0 radical (unpaired) electrons. The highest BCUT2D eigenvalue weighted by Gasteiger charge is 2.26. The van der Waals surface area contributed by atoms with Crippen LogP contribution in [-0.4, -0.2) is 75.1 Å². The van der Waals surface area contributed by atoms with E-state index in [-0.39, 0.29) is 0 Å². The van der Waals surface area contributed by atoms with Gasteiger partial charge < -0.3 is 9.80 Å². The Kier molecular flexibility index (Phi) is 5.98. The Labute approximate surface area is 187 Å². The van der Waals surface area contributed by atoms with Crippen LogP contribution in [0.2, 0.25) is 0 Å². The Hall–Kier alpha value is -3.07. The molecule has 32 heavy (non-hydrogen) atoms. The molecule has 0 atom stereocenters. The molecule has 0 unspecified atom stereocenters. The summed E-state index contributed by atoms with van der Waals surface area (Å²) in [5.74, 6) is 2.65. The second kappa shape index (κ2) is 9.20. The summed E-state index contributed by atoms with van der Waals surface area (Å²) in [5.41, 5.74) is 2.34. The van der Waals surface area contributed by atoms with Crippen LogP contribution in [0.5, 0.6) is 0 Å². The fourth-order valence-electron chi connectivity index (χ4n) is 4.50. The zero-order valence-corrected chi connectivity index (χ0v) is 18.4. The summed E-state index contributed by atoms with van der Waals surface area (Å²) >= 11 is 0. The van der Waals surface area contributed by atoms with Crippen LogP contribution in [0.15, 0.2) is 43.0 Å². The Balaban J connectivity index is 1.23. The number of hydrogen-bond donors (Lipinski definition) is 0. The van der Waals surface area contributed by atoms with Crippen LogP contribution in [0.4, 0.5) is 16.0 Å². The van der Waals surface area contributed by atoms with Crippen molar-refractivity contribution in [3.63, 3.8) is 0 Å². The lowest BCUT2D eigenvalue weighted by atomic mass is 10.1. The molecule has 0 aromatic carbocycles. The van der Waals surface area contributed by atoms with Crippen LogP contribution in [0.3, 0.4) is 0 Å². The molecule has 2 aliphatic rings. The van der Waals surface area contributed by atoms with Gasteiger partial charge in [0.05, 0.1) is 6.20 Å². The number of piperazine rings is 1. The first-order chi connectivity index (χ1) is 15.7. The van der Waals surface area contributed by atoms with Crippen LogP contribution in [-0.2, 0) is 6.54 Å². The lowest BCUT2D eigenvalue weighted by molar-refractivity contribution is 0.248. The Morgan fingerprint density at radius 2 is 1.56 bits per heavy atom. The summed E-state index contributed by atoms with van der Waals surface area (Å²) in [6.07, 6.45) is 7.66. The monoisotopic (exact) mass is 436 g/mol. The second-order valence-electron chi connectivity index (χ2n) is 8.48. The van der Waals surface area contributed by atoms with Crippen molar-refractivity contribution in [2.75, 3.05) is 49.1 Å². The number of hydrogen-bond acceptors (Lipinski definition) is 7. The number of aromatic nitrogens is 5. The molecule has 5 heterocycles. The smallest absolute Gasteiger partial charge is 0.172 e. The van der Waals surface area contributed by atoms with E-state index in [1.165, 1.54) is 5.56 Å². The molecular formula is C23H29FN8. The lowest BCUT2D eigenvalue weighted by Gasteiger charge is -2.38. The van der Waals surface area contributed by atoms with Crippen molar-refractivity contribution in [3.05, 3.63) is 54.2 Å². The van der Waals surface area contributed by atoms with Gasteiger partial charge in [0.1, 0.15) is 6.17 Å². The summed E-state index contributed by atoms with van der Waals surface area (Å²) in [7, 11) is 0. The molecule has 0 saturated carbocycles. The van der Waals surface area contributed by atoms with Crippen molar-refractivity contribution in [2.45, 2.75) is 32.5 Å². The highest BCUT2D eigenvalue weighted by Crippen LogP contribution is 2.28. The SMILES string of the molecule is Cc1c(CN2CCN(c3nccnc3N3CCC(F)CC3)CC2)cnn1-c1ccccn1. The summed E-state index contributed by atoms with van der Waals surface area (Å²) in [5, 5.41) is 4.55. The topological polar surface area (TPSA) is 66.2 Å². The molecule has 168 valence electrons. The van der Waals surface area contributed by atoms with Crippen LogP contribution in [0, 0.1) is 6.92 Å². The number of pyridine rings is 1. The normalized spacial score (nSPS) is 18.3. The van der Waals surface area contributed by atoms with E-state index in [2.05, 4.69) is 41.7 Å². The maximum absolute atomic E-state index is 13.6. The van der Waals surface area contributed by atoms with Gasteiger partial charge in [-0.3, -0.25) is 4.90 Å². The molecule has 0 spiro atoms. The van der Waals surface area contributed by atoms with Crippen molar-refractivity contribution in [3.8, 4) is 5.82 Å². The largest absolute Gasteiger partial charge is 0.353 e. The predicted molar refractivity (Wildman–Crippen MR) is 122 cm³/mol. The molecule has 5 rings (SSSR count). The number of rotatable bonds is 5. The molecular weight excluding hydrogens is 407 g/mol. The molecule has 0 aliphatic carbocycles. The van der Waals surface area contributed by atoms with E-state index >= 15 is 0 Å². The van der Waals surface area contributed by atoms with Crippen molar-refractivity contribution in [1.82, 2.24) is 29.6 Å². The maximum atomic E-state index is 13.6. The minimum Gasteiger partial charge on any atom is -0.353 e. The fourth-order valence-corrected chi connectivity index (χ4v) is 4.50. The first-order valence-electron chi connectivity index (χ1n) is 11.3. The Bertz CT molecular complexity index is 1020. The Morgan fingerprint density at radius 3 is 2.22 bits per heavy atom. The van der Waals surface area contributed by atoms with Crippen LogP contribution < -0.4 is 9.80 Å². The first-order valence-corrected chi connectivity index (χ1v) is 11.3. The third kappa shape index (κ3) is 4.29. The minimum absolute atomic E-state index is 0.565. The van der Waals surface area contributed by atoms with E-state index in [4.69, 9.17) is 0 Å². The van der Waals surface area contributed by atoms with Crippen molar-refractivity contribution in [1.29, 1.82) is 0 Å². The Morgan fingerprint density at radius 1 is 0.875 bits per heavy atom. The zero-order valence-electron chi connectivity index (χ0n) is 18.4. The van der Waals surface area contributed by atoms with Gasteiger partial charge in [-0.15, -0.1) is 0 Å². The molecule has 2 saturated heterocycles. The zero-order chi connectivity index (χ0) is 21.9. The summed E-state index contributed by atoms with van der Waals surface area (Å²) in [6, 6.07) is 5.86. The van der Waals surface area contributed by atoms with Gasteiger partial charge in [0.2, 0.25) is 0 Å². The highest BCUT2D eigenvalue weighted by molar-refractivity contribution is 5.62. The molecule has 0 amide bonds. The van der Waals surface area contributed by atoms with Crippen LogP contribution >= 0.6 is 0 Å². The van der Waals surface area contributed by atoms with E-state index in [9.17, 15) is 4.39 Å². The lowest BCUT2D eigenvalue weighted by Crippen LogP contribution is -2.47. The van der Waals surface area contributed by atoms with E-state index in [0.717, 1.165) is 55.9 Å². The van der Waals surface area contributed by atoms with Gasteiger partial charge >= 0.3 is 0 Å². The third-order valence-electron chi connectivity index (χ3n) is 6.43.